The van der Waals surface area contributed by atoms with Crippen molar-refractivity contribution >= 4 is 33.2 Å². The Balaban J connectivity index is 2.07. The van der Waals surface area contributed by atoms with Gasteiger partial charge in [-0.2, -0.15) is 0 Å². The Kier molecular flexibility index (Phi) is 4.66. The standard InChI is InChI=1S/C18H17BrFN3O/c1-3-4-15-16(18(24)21-13-7-5-12(20)6-8-13)23-10-11(2)9-14(19)17(23)22-15/h5-10H,3-4H2,1-2H3,(H,21,24). The van der Waals surface area contributed by atoms with Gasteiger partial charge in [0.2, 0.25) is 0 Å². The SMILES string of the molecule is CCCc1nc2c(Br)cc(C)cn2c1C(=O)Nc1ccc(F)cc1. The third kappa shape index (κ3) is 3.19. The van der Waals surface area contributed by atoms with Crippen molar-refractivity contribution in [3.63, 3.8) is 0 Å². The van der Waals surface area contributed by atoms with E-state index in [0.717, 1.165) is 22.2 Å². The van der Waals surface area contributed by atoms with Gasteiger partial charge in [0.15, 0.2) is 5.65 Å². The minimum atomic E-state index is -0.339. The third-order valence-corrected chi connectivity index (χ3v) is 4.27. The first-order valence-electron chi connectivity index (χ1n) is 7.73. The zero-order valence-corrected chi connectivity index (χ0v) is 15.0. The average molecular weight is 390 g/mol. The van der Waals surface area contributed by atoms with E-state index >= 15 is 0 Å². The molecule has 3 rings (SSSR count). The molecule has 0 fully saturated rings. The lowest BCUT2D eigenvalue weighted by atomic mass is 10.2. The van der Waals surface area contributed by atoms with Crippen LogP contribution in [0, 0.1) is 12.7 Å². The van der Waals surface area contributed by atoms with Gasteiger partial charge in [-0.15, -0.1) is 0 Å². The highest BCUT2D eigenvalue weighted by Gasteiger charge is 2.20. The average Bonchev–Trinajstić information content (AvgIpc) is 2.88. The molecule has 1 aromatic carbocycles. The van der Waals surface area contributed by atoms with Gasteiger partial charge in [0.1, 0.15) is 11.5 Å². The van der Waals surface area contributed by atoms with Crippen LogP contribution in [0.25, 0.3) is 5.65 Å². The molecule has 24 heavy (non-hydrogen) atoms. The number of rotatable bonds is 4. The van der Waals surface area contributed by atoms with Crippen molar-refractivity contribution in [3.05, 3.63) is 63.8 Å². The van der Waals surface area contributed by atoms with E-state index in [1.165, 1.54) is 24.3 Å². The lowest BCUT2D eigenvalue weighted by Crippen LogP contribution is -2.16. The van der Waals surface area contributed by atoms with Gasteiger partial charge in [-0.25, -0.2) is 9.37 Å². The lowest BCUT2D eigenvalue weighted by Gasteiger charge is -2.08. The van der Waals surface area contributed by atoms with E-state index in [4.69, 9.17) is 0 Å². The molecule has 0 radical (unpaired) electrons. The van der Waals surface area contributed by atoms with Gasteiger partial charge in [0, 0.05) is 11.9 Å². The third-order valence-electron chi connectivity index (χ3n) is 3.69. The molecule has 1 N–H and O–H groups in total. The van der Waals surface area contributed by atoms with Crippen LogP contribution in [-0.2, 0) is 6.42 Å². The Bertz CT molecular complexity index is 903. The first-order chi connectivity index (χ1) is 11.5. The zero-order chi connectivity index (χ0) is 17.3. The molecule has 2 aromatic heterocycles. The Hall–Kier alpha value is -2.21. The predicted molar refractivity (Wildman–Crippen MR) is 96.0 cm³/mol. The van der Waals surface area contributed by atoms with Gasteiger partial charge in [0.05, 0.1) is 10.2 Å². The van der Waals surface area contributed by atoms with Gasteiger partial charge < -0.3 is 5.32 Å². The number of aryl methyl sites for hydroxylation is 2. The molecule has 0 aliphatic heterocycles. The van der Waals surface area contributed by atoms with E-state index in [9.17, 15) is 9.18 Å². The van der Waals surface area contributed by atoms with Crippen molar-refractivity contribution in [2.75, 3.05) is 5.32 Å². The number of anilines is 1. The summed E-state index contributed by atoms with van der Waals surface area (Å²) in [6.45, 7) is 4.01. The molecule has 0 atom stereocenters. The second kappa shape index (κ2) is 6.73. The summed E-state index contributed by atoms with van der Waals surface area (Å²) in [6, 6.07) is 7.68. The molecule has 2 heterocycles. The van der Waals surface area contributed by atoms with Crippen LogP contribution in [0.4, 0.5) is 10.1 Å². The molecular weight excluding hydrogens is 373 g/mol. The van der Waals surface area contributed by atoms with Crippen LogP contribution in [0.3, 0.4) is 0 Å². The molecule has 0 saturated carbocycles. The van der Waals surface area contributed by atoms with Crippen molar-refractivity contribution < 1.29 is 9.18 Å². The summed E-state index contributed by atoms with van der Waals surface area (Å²) in [6.07, 6.45) is 3.49. The van der Waals surface area contributed by atoms with E-state index in [1.807, 2.05) is 30.5 Å². The summed E-state index contributed by atoms with van der Waals surface area (Å²) in [5.74, 6) is -0.593. The molecule has 0 spiro atoms. The number of carbonyl (C=O) groups excluding carboxylic acids is 1. The Morgan fingerprint density at radius 3 is 2.71 bits per heavy atom. The number of hydrogen-bond acceptors (Lipinski definition) is 2. The van der Waals surface area contributed by atoms with Crippen LogP contribution < -0.4 is 5.32 Å². The Labute approximate surface area is 147 Å². The van der Waals surface area contributed by atoms with Crippen LogP contribution in [-0.4, -0.2) is 15.3 Å². The molecule has 0 bridgehead atoms. The number of hydrogen-bond donors (Lipinski definition) is 1. The fourth-order valence-corrected chi connectivity index (χ4v) is 3.29. The van der Waals surface area contributed by atoms with Gasteiger partial charge in [-0.1, -0.05) is 13.3 Å². The molecule has 4 nitrogen and oxygen atoms in total. The number of nitrogens with zero attached hydrogens (tertiary/aromatic N) is 2. The van der Waals surface area contributed by atoms with E-state index in [0.29, 0.717) is 23.4 Å². The highest BCUT2D eigenvalue weighted by Crippen LogP contribution is 2.24. The van der Waals surface area contributed by atoms with Crippen molar-refractivity contribution in [1.29, 1.82) is 0 Å². The smallest absolute Gasteiger partial charge is 0.274 e. The maximum absolute atomic E-state index is 13.0. The predicted octanol–water partition coefficient (Wildman–Crippen LogP) is 4.75. The van der Waals surface area contributed by atoms with Crippen molar-refractivity contribution in [3.8, 4) is 0 Å². The van der Waals surface area contributed by atoms with Crippen LogP contribution >= 0.6 is 15.9 Å². The number of halogens is 2. The molecule has 0 aliphatic rings. The molecule has 124 valence electrons. The number of benzene rings is 1. The van der Waals surface area contributed by atoms with E-state index in [2.05, 4.69) is 26.2 Å². The van der Waals surface area contributed by atoms with Gasteiger partial charge in [-0.05, 0) is 65.2 Å². The first kappa shape index (κ1) is 16.6. The number of carbonyl (C=O) groups is 1. The second-order valence-corrected chi connectivity index (χ2v) is 6.53. The number of fused-ring (bicyclic) bond motifs is 1. The highest BCUT2D eigenvalue weighted by atomic mass is 79.9. The molecule has 0 saturated heterocycles. The molecule has 1 amide bonds. The van der Waals surface area contributed by atoms with E-state index < -0.39 is 0 Å². The summed E-state index contributed by atoms with van der Waals surface area (Å²) in [7, 11) is 0. The van der Waals surface area contributed by atoms with Crippen LogP contribution in [0.2, 0.25) is 0 Å². The topological polar surface area (TPSA) is 46.4 Å². The number of pyridine rings is 1. The summed E-state index contributed by atoms with van der Waals surface area (Å²) < 4.78 is 15.7. The number of nitrogens with one attached hydrogen (secondary N) is 1. The molecule has 6 heteroatoms. The largest absolute Gasteiger partial charge is 0.321 e. The summed E-state index contributed by atoms with van der Waals surface area (Å²) >= 11 is 3.51. The van der Waals surface area contributed by atoms with Gasteiger partial charge in [-0.3, -0.25) is 9.20 Å². The van der Waals surface area contributed by atoms with Crippen molar-refractivity contribution in [1.82, 2.24) is 9.38 Å². The minimum absolute atomic E-state index is 0.255. The van der Waals surface area contributed by atoms with E-state index in [-0.39, 0.29) is 11.7 Å². The molecular formula is C18H17BrFN3O. The molecule has 3 aromatic rings. The fourth-order valence-electron chi connectivity index (χ4n) is 2.65. The number of imidazole rings is 1. The molecule has 0 aliphatic carbocycles. The maximum Gasteiger partial charge on any atom is 0.274 e. The summed E-state index contributed by atoms with van der Waals surface area (Å²) in [5.41, 5.74) is 3.55. The molecule has 0 unspecified atom stereocenters. The monoisotopic (exact) mass is 389 g/mol. The van der Waals surface area contributed by atoms with Crippen molar-refractivity contribution in [2.24, 2.45) is 0 Å². The van der Waals surface area contributed by atoms with Crippen LogP contribution in [0.5, 0.6) is 0 Å². The summed E-state index contributed by atoms with van der Waals surface area (Å²) in [5, 5.41) is 2.82. The zero-order valence-electron chi connectivity index (χ0n) is 13.4. The van der Waals surface area contributed by atoms with Gasteiger partial charge >= 0.3 is 0 Å². The fraction of sp³-hybridized carbons (Fsp3) is 0.222. The lowest BCUT2D eigenvalue weighted by molar-refractivity contribution is 0.102. The Morgan fingerprint density at radius 1 is 1.33 bits per heavy atom. The highest BCUT2D eigenvalue weighted by molar-refractivity contribution is 9.10. The quantitative estimate of drug-likeness (QED) is 0.699. The first-order valence-corrected chi connectivity index (χ1v) is 8.53. The number of aromatic nitrogens is 2. The Morgan fingerprint density at radius 2 is 2.04 bits per heavy atom. The van der Waals surface area contributed by atoms with Gasteiger partial charge in [0.25, 0.3) is 5.91 Å². The van der Waals surface area contributed by atoms with Crippen LogP contribution in [0.15, 0.2) is 41.0 Å². The second-order valence-electron chi connectivity index (χ2n) is 5.68. The van der Waals surface area contributed by atoms with Crippen molar-refractivity contribution in [2.45, 2.75) is 26.7 Å². The van der Waals surface area contributed by atoms with Crippen LogP contribution in [0.1, 0.15) is 35.1 Å². The van der Waals surface area contributed by atoms with E-state index in [1.54, 1.807) is 0 Å². The summed E-state index contributed by atoms with van der Waals surface area (Å²) in [4.78, 5) is 17.4. The minimum Gasteiger partial charge on any atom is -0.321 e. The normalized spacial score (nSPS) is 11.0. The maximum atomic E-state index is 13.0. The number of amides is 1.